The zero-order chi connectivity index (χ0) is 7.94. The molecule has 0 heterocycles. The van der Waals surface area contributed by atoms with Crippen LogP contribution in [-0.4, -0.2) is 13.1 Å². The van der Waals surface area contributed by atoms with Gasteiger partial charge in [-0.3, -0.25) is 0 Å². The van der Waals surface area contributed by atoms with Crippen molar-refractivity contribution in [3.8, 4) is 0 Å². The summed E-state index contributed by atoms with van der Waals surface area (Å²) in [5.74, 6) is 0. The summed E-state index contributed by atoms with van der Waals surface area (Å²) in [6, 6.07) is 10.3. The molecule has 1 aromatic carbocycles. The van der Waals surface area contributed by atoms with Gasteiger partial charge in [0.2, 0.25) is 0 Å². The highest BCUT2D eigenvalue weighted by molar-refractivity contribution is 5.14. The summed E-state index contributed by atoms with van der Waals surface area (Å²) >= 11 is 0. The van der Waals surface area contributed by atoms with Crippen LogP contribution in [0.25, 0.3) is 0 Å². The van der Waals surface area contributed by atoms with Crippen LogP contribution in [0.3, 0.4) is 0 Å². The van der Waals surface area contributed by atoms with Crippen molar-refractivity contribution < 1.29 is 0 Å². The van der Waals surface area contributed by atoms with E-state index in [-0.39, 0.29) is 6.15 Å². The van der Waals surface area contributed by atoms with Gasteiger partial charge in [0, 0.05) is 19.6 Å². The SMILES string of the molecule is N.NCCNCc1ccccc1. The third kappa shape index (κ3) is 4.08. The Morgan fingerprint density at radius 1 is 1.17 bits per heavy atom. The molecule has 12 heavy (non-hydrogen) atoms. The molecule has 0 aliphatic heterocycles. The van der Waals surface area contributed by atoms with Crippen LogP contribution in [0.15, 0.2) is 30.3 Å². The van der Waals surface area contributed by atoms with Crippen molar-refractivity contribution in [3.05, 3.63) is 35.9 Å². The van der Waals surface area contributed by atoms with E-state index in [4.69, 9.17) is 5.73 Å². The van der Waals surface area contributed by atoms with Gasteiger partial charge in [0.15, 0.2) is 0 Å². The molecule has 0 spiro atoms. The molecule has 3 nitrogen and oxygen atoms in total. The normalized spacial score (nSPS) is 9.08. The molecule has 0 aliphatic carbocycles. The number of hydrogen-bond acceptors (Lipinski definition) is 3. The third-order valence-electron chi connectivity index (χ3n) is 1.49. The van der Waals surface area contributed by atoms with Gasteiger partial charge in [-0.2, -0.15) is 0 Å². The van der Waals surface area contributed by atoms with Crippen LogP contribution in [0.4, 0.5) is 0 Å². The van der Waals surface area contributed by atoms with E-state index in [0.29, 0.717) is 6.54 Å². The fraction of sp³-hybridized carbons (Fsp3) is 0.333. The van der Waals surface area contributed by atoms with E-state index < -0.39 is 0 Å². The molecule has 0 saturated carbocycles. The summed E-state index contributed by atoms with van der Waals surface area (Å²) in [5.41, 5.74) is 6.64. The lowest BCUT2D eigenvalue weighted by Gasteiger charge is -2.01. The summed E-state index contributed by atoms with van der Waals surface area (Å²) < 4.78 is 0. The van der Waals surface area contributed by atoms with Crippen LogP contribution in [0, 0.1) is 0 Å². The van der Waals surface area contributed by atoms with Gasteiger partial charge in [0.1, 0.15) is 0 Å². The van der Waals surface area contributed by atoms with Crippen LogP contribution < -0.4 is 17.2 Å². The molecule has 0 radical (unpaired) electrons. The average Bonchev–Trinajstić information content (AvgIpc) is 2.07. The Balaban J connectivity index is 0.00000121. The zero-order valence-electron chi connectivity index (χ0n) is 7.29. The minimum atomic E-state index is 0. The standard InChI is InChI=1S/C9H14N2.H3N/c10-6-7-11-8-9-4-2-1-3-5-9;/h1-5,11H,6-8,10H2;1H3. The minimum absolute atomic E-state index is 0. The number of benzene rings is 1. The molecule has 0 aromatic heterocycles. The van der Waals surface area contributed by atoms with Crippen LogP contribution in [0.1, 0.15) is 5.56 Å². The number of nitrogens with two attached hydrogens (primary N) is 1. The summed E-state index contributed by atoms with van der Waals surface area (Å²) in [5, 5.41) is 3.23. The van der Waals surface area contributed by atoms with E-state index in [1.807, 2.05) is 18.2 Å². The summed E-state index contributed by atoms with van der Waals surface area (Å²) in [7, 11) is 0. The highest BCUT2D eigenvalue weighted by atomic mass is 14.9. The van der Waals surface area contributed by atoms with E-state index in [9.17, 15) is 0 Å². The molecule has 68 valence electrons. The van der Waals surface area contributed by atoms with Gasteiger partial charge in [0.05, 0.1) is 0 Å². The van der Waals surface area contributed by atoms with E-state index in [2.05, 4.69) is 17.4 Å². The Labute approximate surface area is 73.6 Å². The molecule has 1 rings (SSSR count). The minimum Gasteiger partial charge on any atom is -0.344 e. The highest BCUT2D eigenvalue weighted by Crippen LogP contribution is 1.96. The number of hydrogen-bond donors (Lipinski definition) is 3. The van der Waals surface area contributed by atoms with E-state index in [1.165, 1.54) is 5.56 Å². The molecule has 1 aromatic rings. The second-order valence-corrected chi connectivity index (χ2v) is 2.45. The lowest BCUT2D eigenvalue weighted by molar-refractivity contribution is 0.695. The molecule has 3 heteroatoms. The predicted octanol–water partition coefficient (Wildman–Crippen LogP) is 0.897. The largest absolute Gasteiger partial charge is 0.344 e. The van der Waals surface area contributed by atoms with Crippen molar-refractivity contribution in [2.24, 2.45) is 5.73 Å². The molecule has 6 N–H and O–H groups in total. The monoisotopic (exact) mass is 167 g/mol. The molecule has 0 atom stereocenters. The van der Waals surface area contributed by atoms with Crippen LogP contribution in [0.2, 0.25) is 0 Å². The third-order valence-corrected chi connectivity index (χ3v) is 1.49. The second kappa shape index (κ2) is 6.79. The maximum absolute atomic E-state index is 5.33. The van der Waals surface area contributed by atoms with Gasteiger partial charge < -0.3 is 17.2 Å². The Hall–Kier alpha value is -0.900. The van der Waals surface area contributed by atoms with Crippen LogP contribution >= 0.6 is 0 Å². The van der Waals surface area contributed by atoms with Crippen LogP contribution in [0.5, 0.6) is 0 Å². The maximum Gasteiger partial charge on any atom is 0.0206 e. The quantitative estimate of drug-likeness (QED) is 0.583. The average molecular weight is 167 g/mol. The zero-order valence-corrected chi connectivity index (χ0v) is 7.29. The molecule has 0 fully saturated rings. The van der Waals surface area contributed by atoms with E-state index in [1.54, 1.807) is 0 Å². The van der Waals surface area contributed by atoms with Gasteiger partial charge in [-0.05, 0) is 5.56 Å². The maximum atomic E-state index is 5.33. The molecule has 0 unspecified atom stereocenters. The van der Waals surface area contributed by atoms with Crippen molar-refractivity contribution in [2.45, 2.75) is 6.54 Å². The number of nitrogens with one attached hydrogen (secondary N) is 1. The van der Waals surface area contributed by atoms with Gasteiger partial charge in [-0.25, -0.2) is 0 Å². The molecular formula is C9H17N3. The van der Waals surface area contributed by atoms with Crippen molar-refractivity contribution in [3.63, 3.8) is 0 Å². The van der Waals surface area contributed by atoms with Gasteiger partial charge in [-0.1, -0.05) is 30.3 Å². The van der Waals surface area contributed by atoms with Crippen LogP contribution in [-0.2, 0) is 6.54 Å². The van der Waals surface area contributed by atoms with Gasteiger partial charge >= 0.3 is 0 Å². The smallest absolute Gasteiger partial charge is 0.0206 e. The topological polar surface area (TPSA) is 73.0 Å². The first-order valence-corrected chi connectivity index (χ1v) is 3.88. The molecule has 0 saturated heterocycles. The first-order chi connectivity index (χ1) is 5.43. The Morgan fingerprint density at radius 2 is 1.83 bits per heavy atom. The Bertz CT molecular complexity index is 186. The molecule has 0 aliphatic rings. The van der Waals surface area contributed by atoms with Gasteiger partial charge in [0.25, 0.3) is 0 Å². The molecule has 0 bridgehead atoms. The summed E-state index contributed by atoms with van der Waals surface area (Å²) in [4.78, 5) is 0. The van der Waals surface area contributed by atoms with Crippen molar-refractivity contribution in [1.29, 1.82) is 0 Å². The molecular weight excluding hydrogens is 150 g/mol. The second-order valence-electron chi connectivity index (χ2n) is 2.45. The van der Waals surface area contributed by atoms with Crippen molar-refractivity contribution in [1.82, 2.24) is 11.5 Å². The predicted molar refractivity (Wildman–Crippen MR) is 52.2 cm³/mol. The van der Waals surface area contributed by atoms with E-state index in [0.717, 1.165) is 13.1 Å². The highest BCUT2D eigenvalue weighted by Gasteiger charge is 1.87. The fourth-order valence-electron chi connectivity index (χ4n) is 0.931. The number of rotatable bonds is 4. The first-order valence-electron chi connectivity index (χ1n) is 3.88. The first kappa shape index (κ1) is 11.1. The summed E-state index contributed by atoms with van der Waals surface area (Å²) in [6.07, 6.45) is 0. The fourth-order valence-corrected chi connectivity index (χ4v) is 0.931. The lowest BCUT2D eigenvalue weighted by atomic mass is 10.2. The van der Waals surface area contributed by atoms with E-state index >= 15 is 0 Å². The Kier molecular flexibility index (Phi) is 6.28. The van der Waals surface area contributed by atoms with Crippen molar-refractivity contribution in [2.75, 3.05) is 13.1 Å². The summed E-state index contributed by atoms with van der Waals surface area (Å²) in [6.45, 7) is 2.50. The van der Waals surface area contributed by atoms with Gasteiger partial charge in [-0.15, -0.1) is 0 Å². The van der Waals surface area contributed by atoms with Crippen molar-refractivity contribution >= 4 is 0 Å². The molecule has 0 amide bonds. The Morgan fingerprint density at radius 3 is 2.42 bits per heavy atom. The lowest BCUT2D eigenvalue weighted by Crippen LogP contribution is -2.21.